The fourth-order valence-corrected chi connectivity index (χ4v) is 2.52. The lowest BCUT2D eigenvalue weighted by atomic mass is 10.0. The van der Waals surface area contributed by atoms with Crippen molar-refractivity contribution in [1.82, 2.24) is 10.6 Å². The van der Waals surface area contributed by atoms with Crippen molar-refractivity contribution in [2.24, 2.45) is 0 Å². The van der Waals surface area contributed by atoms with E-state index in [0.29, 0.717) is 0 Å². The van der Waals surface area contributed by atoms with Gasteiger partial charge in [0.2, 0.25) is 0 Å². The lowest BCUT2D eigenvalue weighted by Crippen LogP contribution is -2.36. The summed E-state index contributed by atoms with van der Waals surface area (Å²) in [5.74, 6) is 1.35. The molecule has 4 atom stereocenters. The maximum absolute atomic E-state index is 9.79. The fraction of sp³-hybridized carbons (Fsp3) is 0.643. The molecule has 0 spiro atoms. The molecule has 4 heteroatoms. The van der Waals surface area contributed by atoms with E-state index < -0.39 is 12.2 Å². The van der Waals surface area contributed by atoms with Crippen LogP contribution in [0.5, 0.6) is 0 Å². The maximum atomic E-state index is 9.79. The zero-order valence-electron chi connectivity index (χ0n) is 10.8. The molecule has 101 valence electrons. The lowest BCUT2D eigenvalue weighted by molar-refractivity contribution is 0.0293. The molecule has 5 radical (unpaired) electrons. The molecule has 1 aliphatic carbocycles. The Hall–Kier alpha value is -0.160. The van der Waals surface area contributed by atoms with Crippen LogP contribution >= 0.6 is 0 Å². The largest absolute Gasteiger partial charge is 0.389 e. The minimum atomic E-state index is -0.642. The van der Waals surface area contributed by atoms with Gasteiger partial charge in [-0.3, -0.25) is 0 Å². The average Bonchev–Trinajstić information content (AvgIpc) is 2.95. The van der Waals surface area contributed by atoms with Crippen molar-refractivity contribution in [2.75, 3.05) is 13.1 Å². The summed E-state index contributed by atoms with van der Waals surface area (Å²) >= 11 is 0. The normalized spacial score (nSPS) is 37.5. The summed E-state index contributed by atoms with van der Waals surface area (Å²) in [5, 5.41) is 26.0. The first-order chi connectivity index (χ1) is 8.68. The number of hydrogen-bond donors (Lipinski definition) is 4. The monoisotopic (exact) mass is 251 g/mol. The standard InChI is InChI=1S/C14H23N2O2/c1-10-13(17)14(18)12(16-10)7-9-15-8-6-11-4-2-3-5-11/h2-5,10,12-18H,6-9H2,1H3/t10-,12-,13+,14-/m0/s1. The Kier molecular flexibility index (Phi) is 5.42. The zero-order valence-corrected chi connectivity index (χ0v) is 10.8. The van der Waals surface area contributed by atoms with Gasteiger partial charge in [0.05, 0.1) is 12.2 Å². The summed E-state index contributed by atoms with van der Waals surface area (Å²) in [7, 11) is 0. The Morgan fingerprint density at radius 3 is 2.50 bits per heavy atom. The Bertz CT molecular complexity index is 244. The number of aliphatic hydroxyl groups is 2. The van der Waals surface area contributed by atoms with Crippen LogP contribution in [-0.2, 0) is 0 Å². The van der Waals surface area contributed by atoms with Gasteiger partial charge in [-0.15, -0.1) is 0 Å². The highest BCUT2D eigenvalue weighted by molar-refractivity contribution is 5.35. The second-order valence-corrected chi connectivity index (χ2v) is 5.12. The molecular formula is C14H23N2O2. The van der Waals surface area contributed by atoms with Crippen molar-refractivity contribution in [2.45, 2.75) is 44.1 Å². The number of hydrogen-bond acceptors (Lipinski definition) is 4. The SMILES string of the molecule is C[C@@H]1N[C@@H](CCNCC[C]2[CH][CH][CH][CH]2)[C@H](O)[C@@H]1O. The van der Waals surface area contributed by atoms with Gasteiger partial charge in [0, 0.05) is 12.1 Å². The molecule has 0 amide bonds. The van der Waals surface area contributed by atoms with Crippen molar-refractivity contribution in [3.8, 4) is 0 Å². The first-order valence-corrected chi connectivity index (χ1v) is 6.72. The minimum Gasteiger partial charge on any atom is -0.389 e. The molecule has 1 aliphatic heterocycles. The van der Waals surface area contributed by atoms with Crippen LogP contribution in [0, 0.1) is 31.6 Å². The van der Waals surface area contributed by atoms with E-state index >= 15 is 0 Å². The average molecular weight is 251 g/mol. The van der Waals surface area contributed by atoms with Crippen LogP contribution in [-0.4, -0.2) is 47.6 Å². The van der Waals surface area contributed by atoms with Crippen LogP contribution in [0.4, 0.5) is 0 Å². The fourth-order valence-electron chi connectivity index (χ4n) is 2.52. The smallest absolute Gasteiger partial charge is 0.0967 e. The summed E-state index contributed by atoms with van der Waals surface area (Å²) in [6.07, 6.45) is 8.95. The van der Waals surface area contributed by atoms with E-state index in [4.69, 9.17) is 0 Å². The van der Waals surface area contributed by atoms with Gasteiger partial charge in [-0.1, -0.05) is 0 Å². The van der Waals surface area contributed by atoms with Crippen LogP contribution in [0.15, 0.2) is 0 Å². The molecule has 0 aromatic carbocycles. The molecule has 2 aliphatic rings. The van der Waals surface area contributed by atoms with E-state index in [9.17, 15) is 10.2 Å². The predicted molar refractivity (Wildman–Crippen MR) is 70.9 cm³/mol. The zero-order chi connectivity index (χ0) is 13.0. The Morgan fingerprint density at radius 2 is 1.89 bits per heavy atom. The van der Waals surface area contributed by atoms with Crippen LogP contribution in [0.3, 0.4) is 0 Å². The topological polar surface area (TPSA) is 64.5 Å². The predicted octanol–water partition coefficient (Wildman–Crippen LogP) is -0.156. The highest BCUT2D eigenvalue weighted by atomic mass is 16.3. The summed E-state index contributed by atoms with van der Waals surface area (Å²) in [6, 6.07) is -0.0178. The molecule has 1 saturated heterocycles. The molecule has 4 nitrogen and oxygen atoms in total. The first-order valence-electron chi connectivity index (χ1n) is 6.72. The summed E-state index contributed by atoms with van der Waals surface area (Å²) in [5.41, 5.74) is 0. The van der Waals surface area contributed by atoms with E-state index in [-0.39, 0.29) is 12.1 Å². The molecule has 18 heavy (non-hydrogen) atoms. The Balaban J connectivity index is 1.53. The van der Waals surface area contributed by atoms with Gasteiger partial charge in [0.15, 0.2) is 0 Å². The van der Waals surface area contributed by atoms with Crippen molar-refractivity contribution >= 4 is 0 Å². The lowest BCUT2D eigenvalue weighted by Gasteiger charge is -2.16. The summed E-state index contributed by atoms with van der Waals surface area (Å²) in [6.45, 7) is 3.70. The molecule has 4 N–H and O–H groups in total. The van der Waals surface area contributed by atoms with Crippen molar-refractivity contribution in [3.05, 3.63) is 31.6 Å². The first kappa shape index (κ1) is 14.3. The highest BCUT2D eigenvalue weighted by Crippen LogP contribution is 2.25. The van der Waals surface area contributed by atoms with Crippen molar-refractivity contribution in [3.63, 3.8) is 0 Å². The third-order valence-electron chi connectivity index (χ3n) is 3.71. The molecule has 1 saturated carbocycles. The molecule has 0 aromatic heterocycles. The van der Waals surface area contributed by atoms with Crippen LogP contribution in [0.25, 0.3) is 0 Å². The number of aliphatic hydroxyl groups excluding tert-OH is 2. The molecule has 2 rings (SSSR count). The van der Waals surface area contributed by atoms with Gasteiger partial charge >= 0.3 is 0 Å². The molecule has 0 unspecified atom stereocenters. The van der Waals surface area contributed by atoms with Crippen molar-refractivity contribution in [1.29, 1.82) is 0 Å². The van der Waals surface area contributed by atoms with Gasteiger partial charge in [0.25, 0.3) is 0 Å². The Labute approximate surface area is 110 Å². The van der Waals surface area contributed by atoms with Gasteiger partial charge in [0.1, 0.15) is 0 Å². The van der Waals surface area contributed by atoms with E-state index in [1.165, 1.54) is 5.92 Å². The number of rotatable bonds is 6. The van der Waals surface area contributed by atoms with E-state index in [2.05, 4.69) is 36.3 Å². The molecule has 2 fully saturated rings. The quantitative estimate of drug-likeness (QED) is 0.496. The van der Waals surface area contributed by atoms with Crippen LogP contribution in [0.2, 0.25) is 0 Å². The molecule has 0 aromatic rings. The summed E-state index contributed by atoms with van der Waals surface area (Å²) in [4.78, 5) is 0. The third-order valence-corrected chi connectivity index (χ3v) is 3.71. The van der Waals surface area contributed by atoms with Crippen LogP contribution < -0.4 is 10.6 Å². The molecular weight excluding hydrogens is 228 g/mol. The molecule has 1 heterocycles. The Morgan fingerprint density at radius 1 is 1.17 bits per heavy atom. The maximum Gasteiger partial charge on any atom is 0.0967 e. The van der Waals surface area contributed by atoms with Crippen molar-refractivity contribution < 1.29 is 10.2 Å². The van der Waals surface area contributed by atoms with Gasteiger partial charge in [-0.2, -0.15) is 0 Å². The molecule has 0 bridgehead atoms. The van der Waals surface area contributed by atoms with E-state index in [1.807, 2.05) is 6.92 Å². The van der Waals surface area contributed by atoms with E-state index in [1.54, 1.807) is 0 Å². The summed E-state index contributed by atoms with van der Waals surface area (Å²) < 4.78 is 0. The minimum absolute atomic E-state index is 0.00132. The highest BCUT2D eigenvalue weighted by Gasteiger charge is 2.37. The second kappa shape index (κ2) is 6.85. The van der Waals surface area contributed by atoms with E-state index in [0.717, 1.165) is 25.9 Å². The van der Waals surface area contributed by atoms with Gasteiger partial charge in [-0.25, -0.2) is 0 Å². The number of nitrogens with one attached hydrogen (secondary N) is 2. The second-order valence-electron chi connectivity index (χ2n) is 5.12. The van der Waals surface area contributed by atoms with Gasteiger partial charge < -0.3 is 20.8 Å². The van der Waals surface area contributed by atoms with Crippen LogP contribution in [0.1, 0.15) is 19.8 Å². The van der Waals surface area contributed by atoms with Gasteiger partial charge in [-0.05, 0) is 64.5 Å². The third kappa shape index (κ3) is 3.67.